The second-order valence-electron chi connectivity index (χ2n) is 4.53. The number of nitrogen functional groups attached to an aromatic ring is 1. The molecule has 0 atom stereocenters. The molecule has 1 aromatic carbocycles. The van der Waals surface area contributed by atoms with Crippen molar-refractivity contribution in [2.45, 2.75) is 18.9 Å². The lowest BCUT2D eigenvalue weighted by atomic mass is 10.1. The Kier molecular flexibility index (Phi) is 4.09. The number of hydrogen-bond acceptors (Lipinski definition) is 3. The van der Waals surface area contributed by atoms with Crippen LogP contribution in [-0.2, 0) is 4.74 Å². The highest BCUT2D eigenvalue weighted by Gasteiger charge is 2.19. The number of anilines is 1. The van der Waals surface area contributed by atoms with E-state index in [0.29, 0.717) is 16.6 Å². The normalized spacial score (nSPS) is 16.6. The molecule has 1 aliphatic rings. The third kappa shape index (κ3) is 2.76. The molecule has 1 aromatic rings. The molecule has 4 nitrogen and oxygen atoms in total. The molecule has 2 rings (SSSR count). The van der Waals surface area contributed by atoms with Crippen LogP contribution in [0.1, 0.15) is 18.4 Å². The number of ether oxygens (including phenoxy) is 1. The Labute approximate surface area is 112 Å². The van der Waals surface area contributed by atoms with Crippen LogP contribution in [0.5, 0.6) is 0 Å². The summed E-state index contributed by atoms with van der Waals surface area (Å²) in [5.41, 5.74) is 7.09. The second-order valence-corrected chi connectivity index (χ2v) is 4.94. The number of hydrogen-bond donors (Lipinski definition) is 2. The van der Waals surface area contributed by atoms with E-state index in [-0.39, 0.29) is 5.84 Å². The first-order valence-electron chi connectivity index (χ1n) is 6.04. The van der Waals surface area contributed by atoms with E-state index in [1.54, 1.807) is 6.07 Å². The van der Waals surface area contributed by atoms with Crippen LogP contribution < -0.4 is 10.6 Å². The Bertz CT molecular complexity index is 444. The second kappa shape index (κ2) is 5.59. The lowest BCUT2D eigenvalue weighted by Crippen LogP contribution is -2.36. The van der Waals surface area contributed by atoms with E-state index in [1.165, 1.54) is 0 Å². The summed E-state index contributed by atoms with van der Waals surface area (Å²) in [6.45, 7) is 1.63. The number of nitrogens with two attached hydrogens (primary N) is 1. The van der Waals surface area contributed by atoms with E-state index >= 15 is 0 Å². The molecule has 0 aromatic heterocycles. The molecule has 1 fully saturated rings. The Balaban J connectivity index is 2.17. The van der Waals surface area contributed by atoms with Crippen molar-refractivity contribution < 1.29 is 4.74 Å². The van der Waals surface area contributed by atoms with Crippen LogP contribution in [0, 0.1) is 5.41 Å². The monoisotopic (exact) mass is 267 g/mol. The lowest BCUT2D eigenvalue weighted by Gasteiger charge is -2.33. The molecule has 0 saturated carbocycles. The van der Waals surface area contributed by atoms with Crippen LogP contribution >= 0.6 is 11.6 Å². The molecule has 3 N–H and O–H groups in total. The maximum Gasteiger partial charge on any atom is 0.124 e. The van der Waals surface area contributed by atoms with Crippen LogP contribution in [0.4, 0.5) is 5.69 Å². The molecule has 98 valence electrons. The summed E-state index contributed by atoms with van der Waals surface area (Å²) in [6.07, 6.45) is 2.06. The molecule has 0 radical (unpaired) electrons. The highest BCUT2D eigenvalue weighted by atomic mass is 35.5. The van der Waals surface area contributed by atoms with Gasteiger partial charge in [-0.15, -0.1) is 0 Å². The number of nitrogens with zero attached hydrogens (tertiary/aromatic N) is 1. The number of halogens is 1. The Hall–Kier alpha value is -1.26. The maximum absolute atomic E-state index is 7.41. The molecule has 1 heterocycles. The van der Waals surface area contributed by atoms with Gasteiger partial charge in [0.2, 0.25) is 0 Å². The molecule has 18 heavy (non-hydrogen) atoms. The minimum Gasteiger partial charge on any atom is -0.384 e. The van der Waals surface area contributed by atoms with Crippen molar-refractivity contribution in [2.75, 3.05) is 25.2 Å². The zero-order chi connectivity index (χ0) is 13.1. The van der Waals surface area contributed by atoms with Crippen molar-refractivity contribution in [3.63, 3.8) is 0 Å². The van der Waals surface area contributed by atoms with E-state index in [4.69, 9.17) is 27.5 Å². The predicted molar refractivity (Wildman–Crippen MR) is 74.7 cm³/mol. The van der Waals surface area contributed by atoms with Gasteiger partial charge >= 0.3 is 0 Å². The highest BCUT2D eigenvalue weighted by molar-refractivity contribution is 6.34. The van der Waals surface area contributed by atoms with Gasteiger partial charge in [-0.3, -0.25) is 5.41 Å². The van der Waals surface area contributed by atoms with Gasteiger partial charge in [0, 0.05) is 37.6 Å². The molecule has 1 aliphatic heterocycles. The summed E-state index contributed by atoms with van der Waals surface area (Å²) in [6, 6.07) is 6.11. The molecule has 0 unspecified atom stereocenters. The molecule has 5 heteroatoms. The zero-order valence-electron chi connectivity index (χ0n) is 10.4. The SMILES string of the molecule is CN(c1ccc(C(=N)N)c(Cl)c1)C1CCOCC1. The van der Waals surface area contributed by atoms with Gasteiger partial charge in [-0.05, 0) is 31.0 Å². The van der Waals surface area contributed by atoms with E-state index in [9.17, 15) is 0 Å². The van der Waals surface area contributed by atoms with Crippen molar-refractivity contribution in [1.82, 2.24) is 0 Å². The van der Waals surface area contributed by atoms with Crippen molar-refractivity contribution >= 4 is 23.1 Å². The number of nitrogens with one attached hydrogen (secondary N) is 1. The van der Waals surface area contributed by atoms with E-state index in [2.05, 4.69) is 11.9 Å². The summed E-state index contributed by atoms with van der Waals surface area (Å²) < 4.78 is 5.36. The van der Waals surface area contributed by atoms with Crippen LogP contribution in [0.15, 0.2) is 18.2 Å². The fourth-order valence-corrected chi connectivity index (χ4v) is 2.50. The largest absolute Gasteiger partial charge is 0.384 e. The third-order valence-electron chi connectivity index (χ3n) is 3.39. The Morgan fingerprint density at radius 1 is 1.44 bits per heavy atom. The predicted octanol–water partition coefficient (Wildman–Crippen LogP) is 2.24. The van der Waals surface area contributed by atoms with Gasteiger partial charge in [-0.1, -0.05) is 11.6 Å². The topological polar surface area (TPSA) is 62.3 Å². The van der Waals surface area contributed by atoms with Crippen molar-refractivity contribution in [3.8, 4) is 0 Å². The minimum absolute atomic E-state index is 0.000249. The first-order chi connectivity index (χ1) is 8.59. The molecule has 0 bridgehead atoms. The Morgan fingerprint density at radius 3 is 2.67 bits per heavy atom. The van der Waals surface area contributed by atoms with Gasteiger partial charge in [-0.2, -0.15) is 0 Å². The molecule has 1 saturated heterocycles. The van der Waals surface area contributed by atoms with Crippen LogP contribution in [0.25, 0.3) is 0 Å². The first-order valence-corrected chi connectivity index (χ1v) is 6.42. The molecule has 0 aliphatic carbocycles. The molecular formula is C13H18ClN3O. The quantitative estimate of drug-likeness (QED) is 0.652. The van der Waals surface area contributed by atoms with E-state index in [1.807, 2.05) is 12.1 Å². The summed E-state index contributed by atoms with van der Waals surface area (Å²) in [7, 11) is 2.06. The minimum atomic E-state index is 0.000249. The van der Waals surface area contributed by atoms with Crippen molar-refractivity contribution in [3.05, 3.63) is 28.8 Å². The fourth-order valence-electron chi connectivity index (χ4n) is 2.23. The van der Waals surface area contributed by atoms with Gasteiger partial charge < -0.3 is 15.4 Å². The molecule has 0 amide bonds. The molecular weight excluding hydrogens is 250 g/mol. The zero-order valence-corrected chi connectivity index (χ0v) is 11.2. The van der Waals surface area contributed by atoms with E-state index in [0.717, 1.165) is 31.7 Å². The number of amidine groups is 1. The third-order valence-corrected chi connectivity index (χ3v) is 3.70. The van der Waals surface area contributed by atoms with E-state index < -0.39 is 0 Å². The van der Waals surface area contributed by atoms with Gasteiger partial charge in [-0.25, -0.2) is 0 Å². The summed E-state index contributed by atoms with van der Waals surface area (Å²) in [5.74, 6) is 0.000249. The Morgan fingerprint density at radius 2 is 2.11 bits per heavy atom. The van der Waals surface area contributed by atoms with Gasteiger partial charge in [0.25, 0.3) is 0 Å². The lowest BCUT2D eigenvalue weighted by molar-refractivity contribution is 0.0855. The number of rotatable bonds is 3. The first kappa shape index (κ1) is 13.2. The molecule has 0 spiro atoms. The van der Waals surface area contributed by atoms with Crippen molar-refractivity contribution in [1.29, 1.82) is 5.41 Å². The van der Waals surface area contributed by atoms with Gasteiger partial charge in [0.1, 0.15) is 5.84 Å². The fraction of sp³-hybridized carbons (Fsp3) is 0.462. The van der Waals surface area contributed by atoms with Gasteiger partial charge in [0.15, 0.2) is 0 Å². The maximum atomic E-state index is 7.41. The summed E-state index contributed by atoms with van der Waals surface area (Å²) >= 11 is 6.14. The highest BCUT2D eigenvalue weighted by Crippen LogP contribution is 2.26. The summed E-state index contributed by atoms with van der Waals surface area (Å²) in [5, 5.41) is 7.94. The number of benzene rings is 1. The van der Waals surface area contributed by atoms with Crippen LogP contribution in [0.3, 0.4) is 0 Å². The van der Waals surface area contributed by atoms with Crippen molar-refractivity contribution in [2.24, 2.45) is 5.73 Å². The van der Waals surface area contributed by atoms with Gasteiger partial charge in [0.05, 0.1) is 5.02 Å². The smallest absolute Gasteiger partial charge is 0.124 e. The average molecular weight is 268 g/mol. The summed E-state index contributed by atoms with van der Waals surface area (Å²) in [4.78, 5) is 2.22. The van der Waals surface area contributed by atoms with Crippen LogP contribution in [-0.4, -0.2) is 32.1 Å². The van der Waals surface area contributed by atoms with Crippen LogP contribution in [0.2, 0.25) is 5.02 Å². The average Bonchev–Trinajstić information content (AvgIpc) is 2.38. The standard InChI is InChI=1S/C13H18ClN3O/c1-17(9-4-6-18-7-5-9)10-2-3-11(13(15)16)12(14)8-10/h2-3,8-9H,4-7H2,1H3,(H3,15,16).